The zero-order chi connectivity index (χ0) is 20.8. The van der Waals surface area contributed by atoms with Crippen LogP contribution in [0.5, 0.6) is 0 Å². The molecule has 1 aliphatic rings. The number of carbonyl (C=O) groups is 1. The quantitative estimate of drug-likeness (QED) is 0.579. The van der Waals surface area contributed by atoms with E-state index < -0.39 is 0 Å². The van der Waals surface area contributed by atoms with Crippen LogP contribution in [0.15, 0.2) is 59.3 Å². The van der Waals surface area contributed by atoms with Crippen molar-refractivity contribution >= 4 is 17.4 Å². The summed E-state index contributed by atoms with van der Waals surface area (Å²) in [6, 6.07) is 15.2. The minimum absolute atomic E-state index is 0.280. The summed E-state index contributed by atoms with van der Waals surface area (Å²) in [6.45, 7) is 2.64. The van der Waals surface area contributed by atoms with Crippen LogP contribution in [0.2, 0.25) is 0 Å². The van der Waals surface area contributed by atoms with Crippen LogP contribution in [0.1, 0.15) is 18.4 Å². The number of nitrogens with zero attached hydrogens (tertiary/aromatic N) is 3. The number of aliphatic hydroxyl groups is 1. The van der Waals surface area contributed by atoms with Crippen molar-refractivity contribution in [2.24, 2.45) is 5.92 Å². The zero-order valence-corrected chi connectivity index (χ0v) is 16.6. The maximum atomic E-state index is 12.3. The van der Waals surface area contributed by atoms with Gasteiger partial charge in [-0.1, -0.05) is 18.2 Å². The lowest BCUT2D eigenvalue weighted by atomic mass is 9.97. The largest absolute Gasteiger partial charge is 0.423 e. The van der Waals surface area contributed by atoms with E-state index in [4.69, 9.17) is 4.42 Å². The maximum absolute atomic E-state index is 12.3. The van der Waals surface area contributed by atoms with E-state index in [1.165, 1.54) is 12.1 Å². The van der Waals surface area contributed by atoms with E-state index in [0.717, 1.165) is 37.1 Å². The maximum Gasteiger partial charge on any atom is 0.319 e. The van der Waals surface area contributed by atoms with E-state index in [0.29, 0.717) is 24.0 Å². The second kappa shape index (κ2) is 9.41. The summed E-state index contributed by atoms with van der Waals surface area (Å²) in [6.07, 6.45) is 3.31. The number of amides is 2. The molecule has 0 bridgehead atoms. The molecule has 1 aromatic heterocycles. The molecule has 4 rings (SSSR count). The molecular weight excluding hydrogens is 382 g/mol. The van der Waals surface area contributed by atoms with Gasteiger partial charge in [-0.2, -0.15) is 0 Å². The Bertz CT molecular complexity index is 951. The molecule has 3 N–H and O–H groups in total. The summed E-state index contributed by atoms with van der Waals surface area (Å²) >= 11 is 0. The standard InChI is InChI=1S/C22H25N5O3/c28-14-17-8-10-27(11-9-17)20-6-4-16(5-7-20)13-23-22(29)25-19-3-1-2-18(12-19)21-26-24-15-30-21/h1-7,12,15,17,28H,8-11,13-14H2,(H2,23,25,29). The normalized spacial score (nSPS) is 14.5. The van der Waals surface area contributed by atoms with Gasteiger partial charge in [0.25, 0.3) is 0 Å². The molecule has 0 spiro atoms. The van der Waals surface area contributed by atoms with Crippen LogP contribution in [0.3, 0.4) is 0 Å². The molecule has 1 aliphatic heterocycles. The Kier molecular flexibility index (Phi) is 6.24. The van der Waals surface area contributed by atoms with Crippen LogP contribution >= 0.6 is 0 Å². The third-order valence-electron chi connectivity index (χ3n) is 5.35. The third kappa shape index (κ3) is 4.96. The van der Waals surface area contributed by atoms with Gasteiger partial charge in [0.15, 0.2) is 0 Å². The molecule has 1 saturated heterocycles. The first-order valence-electron chi connectivity index (χ1n) is 10.1. The molecule has 0 radical (unpaired) electrons. The van der Waals surface area contributed by atoms with Crippen LogP contribution in [0.4, 0.5) is 16.2 Å². The number of urea groups is 1. The number of hydrogen-bond donors (Lipinski definition) is 3. The van der Waals surface area contributed by atoms with Crippen molar-refractivity contribution in [3.8, 4) is 11.5 Å². The summed E-state index contributed by atoms with van der Waals surface area (Å²) < 4.78 is 5.18. The molecule has 156 valence electrons. The lowest BCUT2D eigenvalue weighted by molar-refractivity contribution is 0.203. The number of hydrogen-bond acceptors (Lipinski definition) is 6. The fourth-order valence-corrected chi connectivity index (χ4v) is 3.58. The van der Waals surface area contributed by atoms with Gasteiger partial charge >= 0.3 is 6.03 Å². The molecule has 0 atom stereocenters. The average Bonchev–Trinajstić information content (AvgIpc) is 3.33. The Labute approximate surface area is 174 Å². The van der Waals surface area contributed by atoms with Crippen molar-refractivity contribution in [1.82, 2.24) is 15.5 Å². The number of aromatic nitrogens is 2. The number of aliphatic hydroxyl groups excluding tert-OH is 1. The van der Waals surface area contributed by atoms with Crippen molar-refractivity contribution < 1.29 is 14.3 Å². The number of rotatable bonds is 6. The van der Waals surface area contributed by atoms with Gasteiger partial charge in [-0.3, -0.25) is 0 Å². The highest BCUT2D eigenvalue weighted by Crippen LogP contribution is 2.23. The van der Waals surface area contributed by atoms with Gasteiger partial charge in [0.1, 0.15) is 0 Å². The van der Waals surface area contributed by atoms with E-state index >= 15 is 0 Å². The summed E-state index contributed by atoms with van der Waals surface area (Å²) in [5.41, 5.74) is 3.59. The fraction of sp³-hybridized carbons (Fsp3) is 0.318. The number of piperidine rings is 1. The lowest BCUT2D eigenvalue weighted by Crippen LogP contribution is -2.34. The van der Waals surface area contributed by atoms with E-state index in [-0.39, 0.29) is 12.6 Å². The van der Waals surface area contributed by atoms with Crippen molar-refractivity contribution in [2.75, 3.05) is 29.9 Å². The molecule has 2 amide bonds. The first-order chi connectivity index (χ1) is 14.7. The van der Waals surface area contributed by atoms with E-state index in [1.54, 1.807) is 12.1 Å². The van der Waals surface area contributed by atoms with Gasteiger partial charge in [-0.25, -0.2) is 4.79 Å². The smallest absolute Gasteiger partial charge is 0.319 e. The van der Waals surface area contributed by atoms with Crippen molar-refractivity contribution in [3.63, 3.8) is 0 Å². The Morgan fingerprint density at radius 2 is 1.97 bits per heavy atom. The number of carbonyl (C=O) groups excluding carboxylic acids is 1. The summed E-state index contributed by atoms with van der Waals surface area (Å²) in [5, 5.41) is 22.5. The van der Waals surface area contributed by atoms with Crippen molar-refractivity contribution in [2.45, 2.75) is 19.4 Å². The molecule has 3 aromatic rings. The molecule has 2 aromatic carbocycles. The Balaban J connectivity index is 1.28. The molecule has 2 heterocycles. The Morgan fingerprint density at radius 1 is 1.17 bits per heavy atom. The SMILES string of the molecule is O=C(NCc1ccc(N2CCC(CO)CC2)cc1)Nc1cccc(-c2nnco2)c1. The van der Waals surface area contributed by atoms with Crippen LogP contribution in [0, 0.1) is 5.92 Å². The predicted molar refractivity (Wildman–Crippen MR) is 114 cm³/mol. The first-order valence-corrected chi connectivity index (χ1v) is 10.1. The van der Waals surface area contributed by atoms with Crippen molar-refractivity contribution in [3.05, 3.63) is 60.5 Å². The molecule has 0 unspecified atom stereocenters. The van der Waals surface area contributed by atoms with Crippen LogP contribution in [-0.2, 0) is 6.54 Å². The molecule has 8 heteroatoms. The second-order valence-electron chi connectivity index (χ2n) is 7.41. The average molecular weight is 407 g/mol. The van der Waals surface area contributed by atoms with E-state index in [1.807, 2.05) is 24.3 Å². The number of nitrogens with one attached hydrogen (secondary N) is 2. The second-order valence-corrected chi connectivity index (χ2v) is 7.41. The molecule has 0 aliphatic carbocycles. The molecular formula is C22H25N5O3. The fourth-order valence-electron chi connectivity index (χ4n) is 3.58. The van der Waals surface area contributed by atoms with Gasteiger partial charge in [0, 0.05) is 43.2 Å². The zero-order valence-electron chi connectivity index (χ0n) is 16.6. The Hall–Kier alpha value is -3.39. The van der Waals surface area contributed by atoms with Gasteiger partial charge in [0.2, 0.25) is 12.3 Å². The molecule has 1 fully saturated rings. The summed E-state index contributed by atoms with van der Waals surface area (Å²) in [4.78, 5) is 14.6. The minimum atomic E-state index is -0.284. The number of anilines is 2. The first kappa shape index (κ1) is 19.9. The highest BCUT2D eigenvalue weighted by atomic mass is 16.4. The lowest BCUT2D eigenvalue weighted by Gasteiger charge is -2.33. The minimum Gasteiger partial charge on any atom is -0.423 e. The van der Waals surface area contributed by atoms with E-state index in [2.05, 4.69) is 37.9 Å². The highest BCUT2D eigenvalue weighted by molar-refractivity contribution is 5.89. The van der Waals surface area contributed by atoms with Gasteiger partial charge in [-0.05, 0) is 54.7 Å². The molecule has 30 heavy (non-hydrogen) atoms. The van der Waals surface area contributed by atoms with Gasteiger partial charge < -0.3 is 25.1 Å². The Morgan fingerprint density at radius 3 is 2.67 bits per heavy atom. The monoisotopic (exact) mass is 407 g/mol. The van der Waals surface area contributed by atoms with Crippen LogP contribution < -0.4 is 15.5 Å². The summed E-state index contributed by atoms with van der Waals surface area (Å²) in [7, 11) is 0. The summed E-state index contributed by atoms with van der Waals surface area (Å²) in [5.74, 6) is 0.829. The molecule has 0 saturated carbocycles. The van der Waals surface area contributed by atoms with E-state index in [9.17, 15) is 9.90 Å². The molecule has 8 nitrogen and oxygen atoms in total. The predicted octanol–water partition coefficient (Wildman–Crippen LogP) is 3.27. The van der Waals surface area contributed by atoms with Gasteiger partial charge in [-0.15, -0.1) is 10.2 Å². The highest BCUT2D eigenvalue weighted by Gasteiger charge is 2.18. The third-order valence-corrected chi connectivity index (χ3v) is 5.35. The topological polar surface area (TPSA) is 104 Å². The van der Waals surface area contributed by atoms with Crippen molar-refractivity contribution in [1.29, 1.82) is 0 Å². The van der Waals surface area contributed by atoms with Crippen LogP contribution in [-0.4, -0.2) is 41.0 Å². The number of benzene rings is 2. The van der Waals surface area contributed by atoms with Crippen LogP contribution in [0.25, 0.3) is 11.5 Å². The van der Waals surface area contributed by atoms with Gasteiger partial charge in [0.05, 0.1) is 0 Å².